The molecule has 8 aromatic rings. The largest absolute Gasteiger partial charge is 0.360 e. The first-order valence-electron chi connectivity index (χ1n) is 19.9. The van der Waals surface area contributed by atoms with Crippen LogP contribution in [0.25, 0.3) is 33.6 Å². The number of rotatable bonds is 8. The van der Waals surface area contributed by atoms with Crippen LogP contribution in [0, 0.1) is 34.9 Å². The molecule has 18 heteroatoms. The van der Waals surface area contributed by atoms with Gasteiger partial charge in [-0.2, -0.15) is 4.68 Å². The van der Waals surface area contributed by atoms with Crippen LogP contribution in [0.3, 0.4) is 0 Å². The molecule has 0 bridgehead atoms. The molecule has 0 radical (unpaired) electrons. The van der Waals surface area contributed by atoms with Crippen molar-refractivity contribution in [3.8, 4) is 33.6 Å². The molecule has 0 aliphatic heterocycles. The third-order valence-corrected chi connectivity index (χ3v) is 10.2. The molecule has 4 aromatic heterocycles. The highest BCUT2D eigenvalue weighted by Crippen LogP contribution is 2.37. The molecule has 0 saturated heterocycles. The van der Waals surface area contributed by atoms with E-state index in [1.165, 1.54) is 53.6 Å². The first-order valence-corrected chi connectivity index (χ1v) is 20.7. The van der Waals surface area contributed by atoms with Crippen molar-refractivity contribution >= 4 is 23.2 Å². The van der Waals surface area contributed by atoms with Gasteiger partial charge in [0.05, 0.1) is 34.5 Å². The molecule has 0 saturated carbocycles. The maximum Gasteiger partial charge on any atom is 0.184 e. The molecule has 0 N–H and O–H groups in total. The topological polar surface area (TPSA) is 113 Å². The van der Waals surface area contributed by atoms with Crippen molar-refractivity contribution in [1.29, 1.82) is 0 Å². The van der Waals surface area contributed by atoms with E-state index in [0.29, 0.717) is 27.2 Å². The monoisotopic (exact) mass is 924 g/mol. The van der Waals surface area contributed by atoms with E-state index in [1.807, 2.05) is 67.5 Å². The highest BCUT2D eigenvalue weighted by molar-refractivity contribution is 6.43. The van der Waals surface area contributed by atoms with Gasteiger partial charge in [-0.15, -0.1) is 5.10 Å². The van der Waals surface area contributed by atoms with Crippen LogP contribution in [0.15, 0.2) is 107 Å². The Labute approximate surface area is 375 Å². The maximum absolute atomic E-state index is 13.6. The number of aromatic nitrogens is 8. The smallest absolute Gasteiger partial charge is 0.184 e. The summed E-state index contributed by atoms with van der Waals surface area (Å²) < 4.78 is 92.9. The van der Waals surface area contributed by atoms with Gasteiger partial charge in [-0.05, 0) is 52.7 Å². The van der Waals surface area contributed by atoms with Crippen LogP contribution in [-0.4, -0.2) is 40.1 Å². The first-order chi connectivity index (χ1) is 30.4. The fraction of sp³-hybridized carbons (Fsp3) is 0.261. The third-order valence-electron chi connectivity index (χ3n) is 9.35. The van der Waals surface area contributed by atoms with E-state index >= 15 is 0 Å². The summed E-state index contributed by atoms with van der Waals surface area (Å²) in [5, 5.41) is 19.4. The summed E-state index contributed by atoms with van der Waals surface area (Å²) in [6.45, 7) is 15.6. The average Bonchev–Trinajstić information content (AvgIpc) is 4.10. The predicted octanol–water partition coefficient (Wildman–Crippen LogP) is 13.9. The van der Waals surface area contributed by atoms with Crippen LogP contribution in [-0.2, 0) is 0 Å². The molecule has 64 heavy (non-hydrogen) atoms. The second-order valence-corrected chi connectivity index (χ2v) is 16.1. The minimum atomic E-state index is -0.948. The molecule has 10 nitrogen and oxygen atoms in total. The average molecular weight is 926 g/mol. The van der Waals surface area contributed by atoms with Gasteiger partial charge >= 0.3 is 0 Å². The molecular weight excluding hydrogens is 881 g/mol. The van der Waals surface area contributed by atoms with Gasteiger partial charge in [0.25, 0.3) is 0 Å². The normalized spacial score (nSPS) is 11.1. The van der Waals surface area contributed by atoms with Crippen molar-refractivity contribution in [2.24, 2.45) is 0 Å². The number of tetrazole rings is 1. The highest BCUT2D eigenvalue weighted by atomic mass is 35.5. The molecule has 0 unspecified atom stereocenters. The molecule has 0 aliphatic rings. The minimum Gasteiger partial charge on any atom is -0.360 e. The Hall–Kier alpha value is -6.26. The summed E-state index contributed by atoms with van der Waals surface area (Å²) in [5.41, 5.74) is 3.53. The fourth-order valence-corrected chi connectivity index (χ4v) is 6.55. The van der Waals surface area contributed by atoms with E-state index in [2.05, 4.69) is 30.8 Å². The second-order valence-electron chi connectivity index (χ2n) is 15.3. The van der Waals surface area contributed by atoms with Crippen molar-refractivity contribution in [2.45, 2.75) is 79.1 Å². The Morgan fingerprint density at radius 2 is 1.03 bits per heavy atom. The van der Waals surface area contributed by atoms with Crippen LogP contribution in [0.1, 0.15) is 102 Å². The van der Waals surface area contributed by atoms with Gasteiger partial charge in [0.2, 0.25) is 0 Å². The van der Waals surface area contributed by atoms with Crippen LogP contribution in [0.2, 0.25) is 10.0 Å². The molecule has 336 valence electrons. The maximum atomic E-state index is 13.6. The molecule has 0 atom stereocenters. The van der Waals surface area contributed by atoms with Crippen LogP contribution in [0.5, 0.6) is 0 Å². The summed E-state index contributed by atoms with van der Waals surface area (Å²) in [6.07, 6.45) is 6.24. The number of nitrogens with zero attached hydrogens (tertiary/aromatic N) is 8. The SMILES string of the molecule is CC(C)c1cncn1-c1cccc(F)c1F.CC(C)c1nnnn1-c1cccc(F)c1F.CC(C)c1oncc1-c1cccc(Cl)c1Cl.CC(C)c1oncc1-c1cccc(F)c1F. The number of imidazole rings is 1. The Balaban J connectivity index is 0.000000161. The lowest BCUT2D eigenvalue weighted by Gasteiger charge is -2.11. The van der Waals surface area contributed by atoms with Gasteiger partial charge in [-0.25, -0.2) is 31.3 Å². The van der Waals surface area contributed by atoms with Gasteiger partial charge in [-0.1, -0.05) is 125 Å². The third kappa shape index (κ3) is 11.3. The van der Waals surface area contributed by atoms with E-state index < -0.39 is 34.9 Å². The zero-order chi connectivity index (χ0) is 46.8. The zero-order valence-electron chi connectivity index (χ0n) is 36.0. The van der Waals surface area contributed by atoms with Crippen LogP contribution in [0.4, 0.5) is 26.3 Å². The van der Waals surface area contributed by atoms with Crippen molar-refractivity contribution in [3.05, 3.63) is 166 Å². The number of hydrogen-bond acceptors (Lipinski definition) is 8. The summed E-state index contributed by atoms with van der Waals surface area (Å²) in [7, 11) is 0. The Bertz CT molecular complexity index is 2410. The molecular formula is C46H44Cl2F6N8O2. The summed E-state index contributed by atoms with van der Waals surface area (Å²) in [5.74, 6) is -2.86. The molecule has 4 heterocycles. The number of halogens is 8. The Morgan fingerprint density at radius 3 is 1.59 bits per heavy atom. The molecule has 0 amide bonds. The van der Waals surface area contributed by atoms with Crippen molar-refractivity contribution in [3.63, 3.8) is 0 Å². The standard InChI is InChI=1S/C12H11Cl2NO.C12H12F2N2.C12H11F2NO.C10H10F2N4/c1-7(2)12-9(6-15-16-12)8-4-3-5-10(13)11(8)14;1-8(2)11-6-15-7-16(11)10-5-3-4-9(13)12(10)14;1-7(2)12-9(6-15-16-12)8-4-3-5-10(13)11(8)14;1-6(2)10-13-14-15-16(10)8-5-3-4-7(11)9(8)12/h3-7H,1-2H3;3-8H,1-2H3;3-7H,1-2H3;3-6H,1-2H3. The second kappa shape index (κ2) is 21.9. The van der Waals surface area contributed by atoms with Crippen LogP contribution < -0.4 is 0 Å². The number of benzene rings is 4. The van der Waals surface area contributed by atoms with Gasteiger partial charge in [0.1, 0.15) is 17.2 Å². The van der Waals surface area contributed by atoms with Crippen molar-refractivity contribution < 1.29 is 35.4 Å². The molecule has 0 spiro atoms. The lowest BCUT2D eigenvalue weighted by Crippen LogP contribution is -2.07. The van der Waals surface area contributed by atoms with Gasteiger partial charge in [0, 0.05) is 51.9 Å². The first kappa shape index (κ1) is 48.8. The fourth-order valence-electron chi connectivity index (χ4n) is 6.15. The van der Waals surface area contributed by atoms with Gasteiger partial charge < -0.3 is 9.05 Å². The van der Waals surface area contributed by atoms with E-state index in [-0.39, 0.29) is 40.6 Å². The predicted molar refractivity (Wildman–Crippen MR) is 233 cm³/mol. The molecule has 8 rings (SSSR count). The summed E-state index contributed by atoms with van der Waals surface area (Å²) >= 11 is 12.1. The van der Waals surface area contributed by atoms with E-state index in [9.17, 15) is 26.3 Å². The summed E-state index contributed by atoms with van der Waals surface area (Å²) in [4.78, 5) is 3.96. The lowest BCUT2D eigenvalue weighted by molar-refractivity contribution is 0.371. The Kier molecular flexibility index (Phi) is 16.7. The van der Waals surface area contributed by atoms with E-state index in [1.54, 1.807) is 23.0 Å². The molecule has 0 fully saturated rings. The zero-order valence-corrected chi connectivity index (χ0v) is 37.5. The van der Waals surface area contributed by atoms with E-state index in [4.69, 9.17) is 32.2 Å². The van der Waals surface area contributed by atoms with Crippen molar-refractivity contribution in [1.82, 2.24) is 40.1 Å². The van der Waals surface area contributed by atoms with E-state index in [0.717, 1.165) is 40.8 Å². The minimum absolute atomic E-state index is 0.0219. The Morgan fingerprint density at radius 1 is 0.531 bits per heavy atom. The molecule has 0 aliphatic carbocycles. The quantitative estimate of drug-likeness (QED) is 0.138. The molecule has 4 aromatic carbocycles. The van der Waals surface area contributed by atoms with Gasteiger partial charge in [0.15, 0.2) is 40.7 Å². The van der Waals surface area contributed by atoms with Crippen molar-refractivity contribution in [2.75, 3.05) is 0 Å². The highest BCUT2D eigenvalue weighted by Gasteiger charge is 2.20. The van der Waals surface area contributed by atoms with Crippen LogP contribution >= 0.6 is 23.2 Å². The van der Waals surface area contributed by atoms with Gasteiger partial charge in [-0.3, -0.25) is 4.57 Å². The number of hydrogen-bond donors (Lipinski definition) is 0. The summed E-state index contributed by atoms with van der Waals surface area (Å²) in [6, 6.07) is 17.6. The lowest BCUT2D eigenvalue weighted by atomic mass is 10.0.